The van der Waals surface area contributed by atoms with Crippen LogP contribution in [-0.4, -0.2) is 19.5 Å². The molecule has 0 saturated carbocycles. The van der Waals surface area contributed by atoms with E-state index in [-0.39, 0.29) is 11.9 Å². The molecule has 22 heavy (non-hydrogen) atoms. The molecule has 2 heterocycles. The van der Waals surface area contributed by atoms with Crippen molar-refractivity contribution < 1.29 is 4.39 Å². The molecule has 0 amide bonds. The number of benzene rings is 1. The second-order valence-electron chi connectivity index (χ2n) is 4.95. The number of hydrogen-bond donors (Lipinski definition) is 2. The van der Waals surface area contributed by atoms with E-state index in [4.69, 9.17) is 5.73 Å². The van der Waals surface area contributed by atoms with Gasteiger partial charge in [-0.1, -0.05) is 0 Å². The van der Waals surface area contributed by atoms with E-state index >= 15 is 0 Å². The van der Waals surface area contributed by atoms with Gasteiger partial charge in [0.1, 0.15) is 29.6 Å². The van der Waals surface area contributed by atoms with Crippen LogP contribution in [0.5, 0.6) is 0 Å². The molecule has 114 valence electrons. The lowest BCUT2D eigenvalue weighted by atomic mass is 10.3. The minimum Gasteiger partial charge on any atom is -0.384 e. The number of aromatic nitrogens is 4. The molecule has 0 aliphatic heterocycles. The third kappa shape index (κ3) is 2.50. The van der Waals surface area contributed by atoms with Gasteiger partial charge in [-0.05, 0) is 35.0 Å². The van der Waals surface area contributed by atoms with E-state index in [0.717, 1.165) is 11.3 Å². The van der Waals surface area contributed by atoms with E-state index in [2.05, 4.69) is 36.2 Å². The van der Waals surface area contributed by atoms with Crippen LogP contribution in [0.4, 0.5) is 16.0 Å². The van der Waals surface area contributed by atoms with Crippen molar-refractivity contribution in [2.45, 2.75) is 13.0 Å². The summed E-state index contributed by atoms with van der Waals surface area (Å²) in [6.45, 7) is 1.95. The van der Waals surface area contributed by atoms with Crippen molar-refractivity contribution in [3.05, 3.63) is 40.6 Å². The Balaban J connectivity index is 1.99. The SMILES string of the molecule is C[C@H](Nc1cc(N)ncn1)c1nc2ccc(F)c(Br)c2n1C. The smallest absolute Gasteiger partial charge is 0.139 e. The Morgan fingerprint density at radius 2 is 2.14 bits per heavy atom. The van der Waals surface area contributed by atoms with Gasteiger partial charge in [-0.15, -0.1) is 0 Å². The fourth-order valence-corrected chi connectivity index (χ4v) is 2.98. The zero-order chi connectivity index (χ0) is 15.9. The molecule has 0 aliphatic rings. The number of halogens is 2. The molecule has 0 unspecified atom stereocenters. The van der Waals surface area contributed by atoms with Gasteiger partial charge in [-0.25, -0.2) is 19.3 Å². The summed E-state index contributed by atoms with van der Waals surface area (Å²) in [5.41, 5.74) is 7.08. The largest absolute Gasteiger partial charge is 0.384 e. The summed E-state index contributed by atoms with van der Waals surface area (Å²) in [7, 11) is 1.85. The lowest BCUT2D eigenvalue weighted by Crippen LogP contribution is -2.13. The van der Waals surface area contributed by atoms with Gasteiger partial charge in [0.15, 0.2) is 0 Å². The molecule has 0 aliphatic carbocycles. The zero-order valence-corrected chi connectivity index (χ0v) is 13.6. The Bertz CT molecular complexity index is 847. The third-order valence-electron chi connectivity index (χ3n) is 3.40. The van der Waals surface area contributed by atoms with Gasteiger partial charge in [0.05, 0.1) is 21.5 Å². The number of nitrogen functional groups attached to an aromatic ring is 1. The quantitative estimate of drug-likeness (QED) is 0.746. The Labute approximate surface area is 134 Å². The van der Waals surface area contributed by atoms with Crippen LogP contribution in [0.1, 0.15) is 18.8 Å². The van der Waals surface area contributed by atoms with Gasteiger partial charge in [-0.3, -0.25) is 0 Å². The highest BCUT2D eigenvalue weighted by Gasteiger charge is 2.18. The normalized spacial score (nSPS) is 12.5. The number of nitrogens with two attached hydrogens (primary N) is 1. The first-order valence-corrected chi connectivity index (χ1v) is 7.41. The summed E-state index contributed by atoms with van der Waals surface area (Å²) in [5, 5.41) is 3.21. The first-order valence-electron chi connectivity index (χ1n) is 6.61. The van der Waals surface area contributed by atoms with Gasteiger partial charge in [0.2, 0.25) is 0 Å². The van der Waals surface area contributed by atoms with Gasteiger partial charge in [0.25, 0.3) is 0 Å². The molecular formula is C14H14BrFN6. The van der Waals surface area contributed by atoms with Crippen molar-refractivity contribution in [2.75, 3.05) is 11.1 Å². The highest BCUT2D eigenvalue weighted by molar-refractivity contribution is 9.10. The highest BCUT2D eigenvalue weighted by Crippen LogP contribution is 2.29. The summed E-state index contributed by atoms with van der Waals surface area (Å²) in [6.07, 6.45) is 1.39. The molecule has 6 nitrogen and oxygen atoms in total. The minimum absolute atomic E-state index is 0.137. The van der Waals surface area contributed by atoms with Gasteiger partial charge in [0, 0.05) is 13.1 Å². The van der Waals surface area contributed by atoms with E-state index < -0.39 is 0 Å². The summed E-state index contributed by atoms with van der Waals surface area (Å²) in [5.74, 6) is 1.45. The molecule has 0 fully saturated rings. The molecule has 3 rings (SSSR count). The Kier molecular flexibility index (Phi) is 3.69. The Morgan fingerprint density at radius 1 is 1.36 bits per heavy atom. The number of aryl methyl sites for hydroxylation is 1. The number of anilines is 2. The fourth-order valence-electron chi connectivity index (χ4n) is 2.38. The number of nitrogens with one attached hydrogen (secondary N) is 1. The molecule has 0 spiro atoms. The van der Waals surface area contributed by atoms with Crippen LogP contribution in [0.25, 0.3) is 11.0 Å². The topological polar surface area (TPSA) is 81.7 Å². The summed E-state index contributed by atoms with van der Waals surface area (Å²) >= 11 is 3.28. The molecule has 0 saturated heterocycles. The van der Waals surface area contributed by atoms with E-state index in [0.29, 0.717) is 21.6 Å². The van der Waals surface area contributed by atoms with Gasteiger partial charge < -0.3 is 15.6 Å². The van der Waals surface area contributed by atoms with Gasteiger partial charge in [-0.2, -0.15) is 0 Å². The minimum atomic E-state index is -0.314. The molecule has 1 atom stereocenters. The molecule has 3 aromatic rings. The average Bonchev–Trinajstić information content (AvgIpc) is 2.81. The van der Waals surface area contributed by atoms with Crippen LogP contribution in [0.3, 0.4) is 0 Å². The molecule has 0 radical (unpaired) electrons. The van der Waals surface area contributed by atoms with Crippen LogP contribution < -0.4 is 11.1 Å². The number of fused-ring (bicyclic) bond motifs is 1. The monoisotopic (exact) mass is 364 g/mol. The first-order chi connectivity index (χ1) is 10.5. The Hall–Kier alpha value is -2.22. The van der Waals surface area contributed by atoms with Gasteiger partial charge >= 0.3 is 0 Å². The predicted octanol–water partition coefficient (Wildman–Crippen LogP) is 3.02. The van der Waals surface area contributed by atoms with Crippen LogP contribution in [0.15, 0.2) is 29.0 Å². The molecule has 3 N–H and O–H groups in total. The molecule has 2 aromatic heterocycles. The van der Waals surface area contributed by atoms with Crippen molar-refractivity contribution in [3.63, 3.8) is 0 Å². The maximum atomic E-state index is 13.7. The molecule has 8 heteroatoms. The number of nitrogens with zero attached hydrogens (tertiary/aromatic N) is 4. The number of imidazole rings is 1. The molecule has 1 aromatic carbocycles. The van der Waals surface area contributed by atoms with Crippen molar-refractivity contribution in [2.24, 2.45) is 7.05 Å². The second-order valence-corrected chi connectivity index (χ2v) is 5.75. The van der Waals surface area contributed by atoms with Crippen molar-refractivity contribution in [3.8, 4) is 0 Å². The van der Waals surface area contributed by atoms with Crippen molar-refractivity contribution in [1.29, 1.82) is 0 Å². The standard InChI is InChI=1S/C14H14BrFN6/c1-7(20-11-5-10(17)18-6-19-11)14-21-9-4-3-8(16)12(15)13(9)22(14)2/h3-7H,1-2H3,(H3,17,18,19,20)/t7-/m0/s1. The summed E-state index contributed by atoms with van der Waals surface area (Å²) in [4.78, 5) is 12.5. The van der Waals surface area contributed by atoms with E-state index in [1.54, 1.807) is 12.1 Å². The van der Waals surface area contributed by atoms with Crippen LogP contribution in [-0.2, 0) is 7.05 Å². The predicted molar refractivity (Wildman–Crippen MR) is 86.9 cm³/mol. The van der Waals surface area contributed by atoms with E-state index in [9.17, 15) is 4.39 Å². The van der Waals surface area contributed by atoms with Crippen LogP contribution in [0.2, 0.25) is 0 Å². The van der Waals surface area contributed by atoms with E-state index in [1.165, 1.54) is 12.4 Å². The van der Waals surface area contributed by atoms with E-state index in [1.807, 2.05) is 18.5 Å². The first kappa shape index (κ1) is 14.7. The average molecular weight is 365 g/mol. The zero-order valence-electron chi connectivity index (χ0n) is 12.0. The lowest BCUT2D eigenvalue weighted by molar-refractivity contribution is 0.622. The molecular weight excluding hydrogens is 351 g/mol. The van der Waals surface area contributed by atoms with Crippen LogP contribution in [0, 0.1) is 5.82 Å². The maximum Gasteiger partial charge on any atom is 0.139 e. The van der Waals surface area contributed by atoms with Crippen molar-refractivity contribution >= 4 is 38.6 Å². The summed E-state index contributed by atoms with van der Waals surface area (Å²) in [6, 6.07) is 4.57. The Morgan fingerprint density at radius 3 is 2.86 bits per heavy atom. The summed E-state index contributed by atoms with van der Waals surface area (Å²) < 4.78 is 16.0. The number of hydrogen-bond acceptors (Lipinski definition) is 5. The molecule has 0 bridgehead atoms. The fraction of sp³-hybridized carbons (Fsp3) is 0.214. The van der Waals surface area contributed by atoms with Crippen molar-refractivity contribution in [1.82, 2.24) is 19.5 Å². The third-order valence-corrected chi connectivity index (χ3v) is 4.16. The highest BCUT2D eigenvalue weighted by atomic mass is 79.9. The second kappa shape index (κ2) is 5.53. The van der Waals surface area contributed by atoms with Crippen LogP contribution >= 0.6 is 15.9 Å². The maximum absolute atomic E-state index is 13.7. The lowest BCUT2D eigenvalue weighted by Gasteiger charge is -2.14. The number of rotatable bonds is 3.